The van der Waals surface area contributed by atoms with Crippen LogP contribution >= 0.6 is 0 Å². The molecule has 0 aliphatic rings. The molecule has 0 fully saturated rings. The lowest BCUT2D eigenvalue weighted by molar-refractivity contribution is 0.152. The number of nitrogens with zero attached hydrogens (tertiary/aromatic N) is 2. The first-order chi connectivity index (χ1) is 17.3. The maximum absolute atomic E-state index is 9.26. The minimum absolute atomic E-state index is 0.181. The van der Waals surface area contributed by atoms with E-state index >= 15 is 0 Å². The van der Waals surface area contributed by atoms with Gasteiger partial charge in [-0.3, -0.25) is 4.90 Å². The van der Waals surface area contributed by atoms with Crippen LogP contribution in [0, 0.1) is 0 Å². The summed E-state index contributed by atoms with van der Waals surface area (Å²) in [5.41, 5.74) is 0. The third-order valence-electron chi connectivity index (χ3n) is 7.44. The molecule has 0 aliphatic heterocycles. The molecule has 0 saturated carbocycles. The van der Waals surface area contributed by atoms with Gasteiger partial charge in [-0.1, -0.05) is 129 Å². The summed E-state index contributed by atoms with van der Waals surface area (Å²) in [7, 11) is 0. The van der Waals surface area contributed by atoms with Crippen LogP contribution in [-0.2, 0) is 0 Å². The zero-order chi connectivity index (χ0) is 25.7. The lowest BCUT2D eigenvalue weighted by atomic mass is 10.1. The van der Waals surface area contributed by atoms with Crippen molar-refractivity contribution in [3.8, 4) is 0 Å². The van der Waals surface area contributed by atoms with Gasteiger partial charge < -0.3 is 15.1 Å². The van der Waals surface area contributed by atoms with Gasteiger partial charge in [0.25, 0.3) is 0 Å². The SMILES string of the molecule is CCCCCCCCCCCCN(CCCCCCCCCCCC)CCCN(CCO)CCO. The Labute approximate surface area is 221 Å². The van der Waals surface area contributed by atoms with E-state index in [4.69, 9.17) is 0 Å². The van der Waals surface area contributed by atoms with Gasteiger partial charge in [0.1, 0.15) is 0 Å². The van der Waals surface area contributed by atoms with Crippen LogP contribution in [-0.4, -0.2) is 72.5 Å². The lowest BCUT2D eigenvalue weighted by Crippen LogP contribution is -2.34. The molecule has 0 unspecified atom stereocenters. The van der Waals surface area contributed by atoms with Gasteiger partial charge in [-0.2, -0.15) is 0 Å². The van der Waals surface area contributed by atoms with Crippen LogP contribution in [0.5, 0.6) is 0 Å². The number of hydrogen-bond donors (Lipinski definition) is 2. The molecule has 0 atom stereocenters. The summed E-state index contributed by atoms with van der Waals surface area (Å²) >= 11 is 0. The largest absolute Gasteiger partial charge is 0.395 e. The molecule has 2 N–H and O–H groups in total. The molecule has 212 valence electrons. The van der Waals surface area contributed by atoms with Crippen LogP contribution in [0.4, 0.5) is 0 Å². The summed E-state index contributed by atoms with van der Waals surface area (Å²) in [6.07, 6.45) is 29.2. The summed E-state index contributed by atoms with van der Waals surface area (Å²) < 4.78 is 0. The van der Waals surface area contributed by atoms with Crippen LogP contribution in [0.1, 0.15) is 149 Å². The monoisotopic (exact) mass is 499 g/mol. The molecular formula is C31H66N2O2. The van der Waals surface area contributed by atoms with Crippen molar-refractivity contribution in [2.75, 3.05) is 52.5 Å². The molecule has 4 nitrogen and oxygen atoms in total. The van der Waals surface area contributed by atoms with Crippen molar-refractivity contribution in [1.82, 2.24) is 9.80 Å². The van der Waals surface area contributed by atoms with E-state index in [2.05, 4.69) is 23.6 Å². The fraction of sp³-hybridized carbons (Fsp3) is 1.00. The highest BCUT2D eigenvalue weighted by Gasteiger charge is 2.08. The van der Waals surface area contributed by atoms with E-state index in [0.29, 0.717) is 13.1 Å². The van der Waals surface area contributed by atoms with Crippen molar-refractivity contribution < 1.29 is 10.2 Å². The molecular weight excluding hydrogens is 432 g/mol. The van der Waals surface area contributed by atoms with E-state index in [1.54, 1.807) is 0 Å². The van der Waals surface area contributed by atoms with Gasteiger partial charge in [-0.15, -0.1) is 0 Å². The molecule has 0 amide bonds. The Bertz CT molecular complexity index is 351. The summed E-state index contributed by atoms with van der Waals surface area (Å²) in [6.45, 7) is 10.9. The first-order valence-electron chi connectivity index (χ1n) is 15.9. The molecule has 0 spiro atoms. The molecule has 0 aliphatic carbocycles. The fourth-order valence-corrected chi connectivity index (χ4v) is 5.12. The average molecular weight is 499 g/mol. The van der Waals surface area contributed by atoms with Crippen LogP contribution in [0.15, 0.2) is 0 Å². The summed E-state index contributed by atoms with van der Waals surface area (Å²) in [5.74, 6) is 0. The van der Waals surface area contributed by atoms with Crippen molar-refractivity contribution in [1.29, 1.82) is 0 Å². The Morgan fingerprint density at radius 2 is 0.571 bits per heavy atom. The van der Waals surface area contributed by atoms with E-state index in [1.165, 1.54) is 142 Å². The van der Waals surface area contributed by atoms with Crippen molar-refractivity contribution >= 4 is 0 Å². The third-order valence-corrected chi connectivity index (χ3v) is 7.44. The van der Waals surface area contributed by atoms with Crippen LogP contribution in [0.3, 0.4) is 0 Å². The Morgan fingerprint density at radius 1 is 0.314 bits per heavy atom. The number of aliphatic hydroxyl groups is 2. The maximum atomic E-state index is 9.26. The second-order valence-electron chi connectivity index (χ2n) is 10.8. The van der Waals surface area contributed by atoms with Gasteiger partial charge in [0.15, 0.2) is 0 Å². The van der Waals surface area contributed by atoms with Gasteiger partial charge in [-0.05, 0) is 45.4 Å². The van der Waals surface area contributed by atoms with Crippen LogP contribution < -0.4 is 0 Å². The Morgan fingerprint density at radius 3 is 0.886 bits per heavy atom. The van der Waals surface area contributed by atoms with Crippen molar-refractivity contribution in [2.45, 2.75) is 149 Å². The molecule has 0 rings (SSSR count). The molecule has 0 aromatic rings. The Kier molecular flexibility index (Phi) is 29.9. The highest BCUT2D eigenvalue weighted by atomic mass is 16.3. The molecule has 0 aromatic heterocycles. The predicted molar refractivity (Wildman–Crippen MR) is 155 cm³/mol. The molecule has 4 heteroatoms. The third kappa shape index (κ3) is 26.7. The van der Waals surface area contributed by atoms with E-state index in [9.17, 15) is 10.2 Å². The number of unbranched alkanes of at least 4 members (excludes halogenated alkanes) is 18. The number of rotatable bonds is 30. The van der Waals surface area contributed by atoms with E-state index < -0.39 is 0 Å². The highest BCUT2D eigenvalue weighted by molar-refractivity contribution is 4.63. The molecule has 0 aromatic carbocycles. The minimum Gasteiger partial charge on any atom is -0.395 e. The quantitative estimate of drug-likeness (QED) is 0.0991. The van der Waals surface area contributed by atoms with Crippen LogP contribution in [0.2, 0.25) is 0 Å². The molecule has 35 heavy (non-hydrogen) atoms. The second kappa shape index (κ2) is 30.1. The summed E-state index contributed by atoms with van der Waals surface area (Å²) in [4.78, 5) is 4.89. The average Bonchev–Trinajstić information content (AvgIpc) is 2.86. The standard InChI is InChI=1S/C31H66N2O2/c1-3-5-7-9-11-13-15-17-19-21-24-32(26-23-27-33(28-30-34)29-31-35)25-22-20-18-16-14-12-10-8-6-4-2/h34-35H,3-31H2,1-2H3. The van der Waals surface area contributed by atoms with Crippen molar-refractivity contribution in [2.24, 2.45) is 0 Å². The predicted octanol–water partition coefficient (Wildman–Crippen LogP) is 7.81. The first kappa shape index (κ1) is 34.8. The normalized spacial score (nSPS) is 11.8. The fourth-order valence-electron chi connectivity index (χ4n) is 5.12. The Balaban J connectivity index is 4.02. The van der Waals surface area contributed by atoms with E-state index in [0.717, 1.165) is 19.5 Å². The van der Waals surface area contributed by atoms with Crippen LogP contribution in [0.25, 0.3) is 0 Å². The smallest absolute Gasteiger partial charge is 0.0558 e. The molecule has 0 heterocycles. The van der Waals surface area contributed by atoms with E-state index in [1.807, 2.05) is 0 Å². The lowest BCUT2D eigenvalue weighted by Gasteiger charge is -2.25. The van der Waals surface area contributed by atoms with Gasteiger partial charge in [0.2, 0.25) is 0 Å². The second-order valence-corrected chi connectivity index (χ2v) is 10.8. The zero-order valence-electron chi connectivity index (χ0n) is 24.3. The Hall–Kier alpha value is -0.160. The number of aliphatic hydroxyl groups excluding tert-OH is 2. The maximum Gasteiger partial charge on any atom is 0.0558 e. The minimum atomic E-state index is 0.181. The highest BCUT2D eigenvalue weighted by Crippen LogP contribution is 2.13. The van der Waals surface area contributed by atoms with E-state index in [-0.39, 0.29) is 13.2 Å². The van der Waals surface area contributed by atoms with Gasteiger partial charge in [-0.25, -0.2) is 0 Å². The van der Waals surface area contributed by atoms with Crippen molar-refractivity contribution in [3.05, 3.63) is 0 Å². The zero-order valence-corrected chi connectivity index (χ0v) is 24.3. The summed E-state index contributed by atoms with van der Waals surface area (Å²) in [5, 5.41) is 18.5. The number of hydrogen-bond acceptors (Lipinski definition) is 4. The van der Waals surface area contributed by atoms with Crippen molar-refractivity contribution in [3.63, 3.8) is 0 Å². The molecule has 0 saturated heterocycles. The summed E-state index contributed by atoms with van der Waals surface area (Å²) in [6, 6.07) is 0. The van der Waals surface area contributed by atoms with Gasteiger partial charge in [0, 0.05) is 13.1 Å². The molecule has 0 bridgehead atoms. The first-order valence-corrected chi connectivity index (χ1v) is 15.9. The topological polar surface area (TPSA) is 46.9 Å². The molecule has 0 radical (unpaired) electrons. The van der Waals surface area contributed by atoms with Gasteiger partial charge in [0.05, 0.1) is 13.2 Å². The van der Waals surface area contributed by atoms with Gasteiger partial charge >= 0.3 is 0 Å².